The summed E-state index contributed by atoms with van der Waals surface area (Å²) >= 11 is 0. The fraction of sp³-hybridized carbons (Fsp3) is 0.389. The first kappa shape index (κ1) is 17.9. The second-order valence-electron chi connectivity index (χ2n) is 5.68. The Kier molecular flexibility index (Phi) is 6.26. The minimum atomic E-state index is -1.07. The number of carboxylic acids is 1. The van der Waals surface area contributed by atoms with Gasteiger partial charge in [-0.25, -0.2) is 9.78 Å². The van der Waals surface area contributed by atoms with Crippen LogP contribution in [-0.4, -0.2) is 45.6 Å². The molecule has 0 saturated carbocycles. The van der Waals surface area contributed by atoms with Crippen LogP contribution in [0, 0.1) is 13.8 Å². The van der Waals surface area contributed by atoms with Gasteiger partial charge in [0, 0.05) is 13.1 Å². The monoisotopic (exact) mass is 329 g/mol. The first-order valence-corrected chi connectivity index (χ1v) is 7.96. The SMILES string of the molecule is CCN(CCOc1ccc(C)cc1C)Cc1cnc(C(=O)O)cn1. The van der Waals surface area contributed by atoms with Gasteiger partial charge in [-0.05, 0) is 32.0 Å². The Morgan fingerprint density at radius 3 is 2.62 bits per heavy atom. The zero-order valence-electron chi connectivity index (χ0n) is 14.3. The Bertz CT molecular complexity index is 686. The molecule has 0 bridgehead atoms. The number of hydrogen-bond donors (Lipinski definition) is 1. The molecule has 1 N–H and O–H groups in total. The van der Waals surface area contributed by atoms with E-state index in [4.69, 9.17) is 9.84 Å². The molecule has 0 aliphatic carbocycles. The number of ether oxygens (including phenoxy) is 1. The molecule has 0 unspecified atom stereocenters. The van der Waals surface area contributed by atoms with Crippen LogP contribution in [-0.2, 0) is 6.54 Å². The largest absolute Gasteiger partial charge is 0.492 e. The average molecular weight is 329 g/mol. The van der Waals surface area contributed by atoms with Gasteiger partial charge in [0.1, 0.15) is 12.4 Å². The van der Waals surface area contributed by atoms with Crippen molar-refractivity contribution >= 4 is 5.97 Å². The van der Waals surface area contributed by atoms with Crippen LogP contribution >= 0.6 is 0 Å². The topological polar surface area (TPSA) is 75.5 Å². The van der Waals surface area contributed by atoms with Crippen molar-refractivity contribution in [2.75, 3.05) is 19.7 Å². The lowest BCUT2D eigenvalue weighted by Crippen LogP contribution is -2.28. The first-order valence-electron chi connectivity index (χ1n) is 7.96. The summed E-state index contributed by atoms with van der Waals surface area (Å²) in [4.78, 5) is 21.0. The number of aromatic carboxylic acids is 1. The summed E-state index contributed by atoms with van der Waals surface area (Å²) in [6, 6.07) is 6.14. The van der Waals surface area contributed by atoms with Crippen molar-refractivity contribution in [3.63, 3.8) is 0 Å². The number of benzene rings is 1. The van der Waals surface area contributed by atoms with Gasteiger partial charge >= 0.3 is 5.97 Å². The predicted molar refractivity (Wildman–Crippen MR) is 91.4 cm³/mol. The maximum absolute atomic E-state index is 10.8. The van der Waals surface area contributed by atoms with Gasteiger partial charge in [-0.15, -0.1) is 0 Å². The molecule has 0 aliphatic heterocycles. The normalized spacial score (nSPS) is 10.8. The summed E-state index contributed by atoms with van der Waals surface area (Å²) in [6.07, 6.45) is 2.80. The number of carboxylic acid groups (broad SMARTS) is 1. The van der Waals surface area contributed by atoms with Crippen molar-refractivity contribution in [3.8, 4) is 5.75 Å². The summed E-state index contributed by atoms with van der Waals surface area (Å²) < 4.78 is 5.86. The van der Waals surface area contributed by atoms with Gasteiger partial charge in [0.15, 0.2) is 5.69 Å². The molecular formula is C18H23N3O3. The number of aryl methyl sites for hydroxylation is 2. The maximum Gasteiger partial charge on any atom is 0.356 e. The van der Waals surface area contributed by atoms with Gasteiger partial charge < -0.3 is 9.84 Å². The molecule has 1 aromatic heterocycles. The molecular weight excluding hydrogens is 306 g/mol. The average Bonchev–Trinajstić information content (AvgIpc) is 2.56. The molecule has 0 atom stereocenters. The Hall–Kier alpha value is -2.47. The van der Waals surface area contributed by atoms with Crippen molar-refractivity contribution < 1.29 is 14.6 Å². The van der Waals surface area contributed by atoms with E-state index in [1.165, 1.54) is 18.0 Å². The molecule has 0 aliphatic rings. The third kappa shape index (κ3) is 5.03. The molecule has 0 amide bonds. The van der Waals surface area contributed by atoms with Crippen molar-refractivity contribution in [2.45, 2.75) is 27.3 Å². The number of nitrogens with zero attached hydrogens (tertiary/aromatic N) is 3. The molecule has 24 heavy (non-hydrogen) atoms. The highest BCUT2D eigenvalue weighted by Gasteiger charge is 2.09. The number of carbonyl (C=O) groups is 1. The third-order valence-electron chi connectivity index (χ3n) is 3.75. The molecule has 1 aromatic carbocycles. The summed E-state index contributed by atoms with van der Waals surface area (Å²) in [5.74, 6) is -0.162. The minimum absolute atomic E-state index is 0.0417. The number of likely N-dealkylation sites (N-methyl/N-ethyl adjacent to an activating group) is 1. The summed E-state index contributed by atoms with van der Waals surface area (Å²) in [7, 11) is 0. The van der Waals surface area contributed by atoms with Gasteiger partial charge in [-0.3, -0.25) is 9.88 Å². The van der Waals surface area contributed by atoms with E-state index in [1.807, 2.05) is 19.1 Å². The lowest BCUT2D eigenvalue weighted by atomic mass is 10.1. The van der Waals surface area contributed by atoms with E-state index in [0.717, 1.165) is 30.1 Å². The lowest BCUT2D eigenvalue weighted by molar-refractivity contribution is 0.0690. The minimum Gasteiger partial charge on any atom is -0.492 e. The summed E-state index contributed by atoms with van der Waals surface area (Å²) in [5.41, 5.74) is 3.06. The number of hydrogen-bond acceptors (Lipinski definition) is 5. The highest BCUT2D eigenvalue weighted by atomic mass is 16.5. The Labute approximate surface area is 142 Å². The zero-order chi connectivity index (χ0) is 17.5. The lowest BCUT2D eigenvalue weighted by Gasteiger charge is -2.20. The van der Waals surface area contributed by atoms with Crippen LogP contribution in [0.1, 0.15) is 34.2 Å². The molecule has 0 saturated heterocycles. The fourth-order valence-electron chi connectivity index (χ4n) is 2.37. The molecule has 6 nitrogen and oxygen atoms in total. The van der Waals surface area contributed by atoms with E-state index in [2.05, 4.69) is 34.8 Å². The number of aromatic nitrogens is 2. The van der Waals surface area contributed by atoms with E-state index in [1.54, 1.807) is 0 Å². The van der Waals surface area contributed by atoms with Crippen LogP contribution in [0.15, 0.2) is 30.6 Å². The highest BCUT2D eigenvalue weighted by Crippen LogP contribution is 2.18. The van der Waals surface area contributed by atoms with Gasteiger partial charge in [0.05, 0.1) is 18.1 Å². The first-order chi connectivity index (χ1) is 11.5. The van der Waals surface area contributed by atoms with Crippen molar-refractivity contribution in [1.29, 1.82) is 0 Å². The molecule has 1 heterocycles. The van der Waals surface area contributed by atoms with Crippen molar-refractivity contribution in [2.24, 2.45) is 0 Å². The van der Waals surface area contributed by atoms with Gasteiger partial charge in [-0.1, -0.05) is 24.6 Å². The Morgan fingerprint density at radius 2 is 2.04 bits per heavy atom. The second-order valence-corrected chi connectivity index (χ2v) is 5.68. The van der Waals surface area contributed by atoms with Crippen LogP contribution in [0.5, 0.6) is 5.75 Å². The van der Waals surface area contributed by atoms with Crippen LogP contribution < -0.4 is 4.74 Å². The van der Waals surface area contributed by atoms with Crippen molar-refractivity contribution in [1.82, 2.24) is 14.9 Å². The Morgan fingerprint density at radius 1 is 1.25 bits per heavy atom. The van der Waals surface area contributed by atoms with Crippen LogP contribution in [0.4, 0.5) is 0 Å². The standard InChI is InChI=1S/C18H23N3O3/c1-4-21(12-15-10-20-16(11-19-15)18(22)23)7-8-24-17-6-5-13(2)9-14(17)3/h5-6,9-11H,4,7-8,12H2,1-3H3,(H,22,23). The summed E-state index contributed by atoms with van der Waals surface area (Å²) in [5, 5.41) is 8.84. The molecule has 6 heteroatoms. The molecule has 0 radical (unpaired) electrons. The highest BCUT2D eigenvalue weighted by molar-refractivity contribution is 5.84. The molecule has 2 aromatic rings. The van der Waals surface area contributed by atoms with Gasteiger partial charge in [-0.2, -0.15) is 0 Å². The number of rotatable bonds is 8. The molecule has 0 fully saturated rings. The van der Waals surface area contributed by atoms with Gasteiger partial charge in [0.25, 0.3) is 0 Å². The third-order valence-corrected chi connectivity index (χ3v) is 3.75. The van der Waals surface area contributed by atoms with E-state index in [9.17, 15) is 4.79 Å². The van der Waals surface area contributed by atoms with E-state index in [-0.39, 0.29) is 5.69 Å². The fourth-order valence-corrected chi connectivity index (χ4v) is 2.37. The molecule has 2 rings (SSSR count). The predicted octanol–water partition coefficient (Wildman–Crippen LogP) is 2.69. The molecule has 128 valence electrons. The second kappa shape index (κ2) is 8.40. The van der Waals surface area contributed by atoms with Crippen LogP contribution in [0.3, 0.4) is 0 Å². The van der Waals surface area contributed by atoms with Gasteiger partial charge in [0.2, 0.25) is 0 Å². The van der Waals surface area contributed by atoms with Crippen LogP contribution in [0.25, 0.3) is 0 Å². The van der Waals surface area contributed by atoms with Crippen molar-refractivity contribution in [3.05, 3.63) is 53.1 Å². The Balaban J connectivity index is 1.86. The quantitative estimate of drug-likeness (QED) is 0.802. The van der Waals surface area contributed by atoms with E-state index < -0.39 is 5.97 Å². The zero-order valence-corrected chi connectivity index (χ0v) is 14.3. The van der Waals surface area contributed by atoms with E-state index >= 15 is 0 Å². The molecule has 0 spiro atoms. The maximum atomic E-state index is 10.8. The summed E-state index contributed by atoms with van der Waals surface area (Å²) in [6.45, 7) is 8.96. The van der Waals surface area contributed by atoms with Crippen LogP contribution in [0.2, 0.25) is 0 Å². The smallest absolute Gasteiger partial charge is 0.356 e. The van der Waals surface area contributed by atoms with E-state index in [0.29, 0.717) is 13.2 Å².